The number of nitrogens with one attached hydrogen (secondary N) is 1. The number of hydrogen-bond donors (Lipinski definition) is 2. The minimum absolute atomic E-state index is 0.106. The molecule has 0 bridgehead atoms. The van der Waals surface area contributed by atoms with E-state index in [9.17, 15) is 20.0 Å². The summed E-state index contributed by atoms with van der Waals surface area (Å²) in [6.45, 7) is 3.80. The van der Waals surface area contributed by atoms with E-state index in [0.29, 0.717) is 66.7 Å². The second-order valence-corrected chi connectivity index (χ2v) is 10.6. The molecule has 4 rings (SSSR count). The van der Waals surface area contributed by atoms with E-state index in [1.165, 1.54) is 6.92 Å². The average Bonchev–Trinajstić information content (AvgIpc) is 3.00. The summed E-state index contributed by atoms with van der Waals surface area (Å²) >= 11 is 0. The Labute approximate surface area is 246 Å². The number of carbonyl (C=O) groups is 2. The summed E-state index contributed by atoms with van der Waals surface area (Å²) in [7, 11) is 5.71. The van der Waals surface area contributed by atoms with Gasteiger partial charge in [-0.1, -0.05) is 12.1 Å². The summed E-state index contributed by atoms with van der Waals surface area (Å²) in [4.78, 5) is 39.5. The Morgan fingerprint density at radius 1 is 1.14 bits per heavy atom. The Kier molecular flexibility index (Phi) is 10.1. The van der Waals surface area contributed by atoms with E-state index in [4.69, 9.17) is 4.74 Å². The molecular formula is C31H37N7O4. The van der Waals surface area contributed by atoms with E-state index in [1.807, 2.05) is 43.3 Å². The first-order valence-corrected chi connectivity index (χ1v) is 13.9. The summed E-state index contributed by atoms with van der Waals surface area (Å²) in [5.41, 5.74) is 2.81. The first-order chi connectivity index (χ1) is 20.2. The lowest BCUT2D eigenvalue weighted by Crippen LogP contribution is -2.45. The number of likely N-dealkylation sites (N-methyl/N-ethyl adjacent to an activating group) is 2. The van der Waals surface area contributed by atoms with Crippen LogP contribution in [-0.2, 0) is 4.79 Å². The molecule has 1 atom stereocenters. The maximum atomic E-state index is 13.1. The highest BCUT2D eigenvalue weighted by Crippen LogP contribution is 2.29. The van der Waals surface area contributed by atoms with Gasteiger partial charge in [0.2, 0.25) is 5.95 Å². The number of benzene rings is 2. The first-order valence-electron chi connectivity index (χ1n) is 13.9. The number of aromatic nitrogens is 2. The number of carbonyl (C=O) groups excluding carboxylic acids is 2. The van der Waals surface area contributed by atoms with Crippen LogP contribution in [0, 0.1) is 11.3 Å². The molecule has 1 saturated heterocycles. The van der Waals surface area contributed by atoms with Crippen molar-refractivity contribution >= 4 is 23.5 Å². The van der Waals surface area contributed by atoms with E-state index in [-0.39, 0.29) is 17.9 Å². The molecule has 2 N–H and O–H groups in total. The topological polar surface area (TPSA) is 135 Å². The smallest absolute Gasteiger partial charge is 0.255 e. The largest absolute Gasteiger partial charge is 0.489 e. The standard InChI is InChI=1S/C31H37N7O4/c1-21(39)29(40)38-15-12-24(13-16-38)42-28-10-9-22(19-23(28)20-32)26-11-14-33-31(34-26)35-27-8-6-5-7-25(27)30(41)37(4)18-17-36(2)3/h5-11,14,19,21,24,39H,12-13,15-18H2,1-4H3,(H,33,34,35)/t21-/m0/s1. The second-order valence-electron chi connectivity index (χ2n) is 10.6. The number of aliphatic hydroxyl groups is 1. The fourth-order valence-electron chi connectivity index (χ4n) is 4.65. The van der Waals surface area contributed by atoms with Gasteiger partial charge in [-0.2, -0.15) is 5.26 Å². The number of amides is 2. The van der Waals surface area contributed by atoms with E-state index < -0.39 is 6.10 Å². The van der Waals surface area contributed by atoms with E-state index in [0.717, 1.165) is 12.1 Å². The van der Waals surface area contributed by atoms with Crippen molar-refractivity contribution in [2.45, 2.75) is 32.0 Å². The zero-order valence-corrected chi connectivity index (χ0v) is 24.4. The Bertz CT molecular complexity index is 1450. The molecule has 0 unspecified atom stereocenters. The molecule has 1 fully saturated rings. The Balaban J connectivity index is 1.46. The van der Waals surface area contributed by atoms with Gasteiger partial charge in [0.25, 0.3) is 11.8 Å². The summed E-state index contributed by atoms with van der Waals surface area (Å²) in [6.07, 6.45) is 1.69. The third-order valence-electron chi connectivity index (χ3n) is 7.09. The number of likely N-dealkylation sites (tertiary alicyclic amines) is 1. The predicted molar refractivity (Wildman–Crippen MR) is 159 cm³/mol. The van der Waals surface area contributed by atoms with Gasteiger partial charge in [-0.25, -0.2) is 9.97 Å². The van der Waals surface area contributed by atoms with Crippen molar-refractivity contribution in [3.63, 3.8) is 0 Å². The molecule has 42 heavy (non-hydrogen) atoms. The molecule has 3 aromatic rings. The van der Waals surface area contributed by atoms with Crippen LogP contribution in [-0.4, -0.2) is 101 Å². The molecule has 0 saturated carbocycles. The number of nitriles is 1. The summed E-state index contributed by atoms with van der Waals surface area (Å²) in [5.74, 6) is 0.406. The highest BCUT2D eigenvalue weighted by molar-refractivity contribution is 6.00. The third kappa shape index (κ3) is 7.60. The van der Waals surface area contributed by atoms with Crippen LogP contribution in [0.15, 0.2) is 54.7 Å². The maximum absolute atomic E-state index is 13.1. The van der Waals surface area contributed by atoms with Crippen LogP contribution < -0.4 is 10.1 Å². The molecule has 0 radical (unpaired) electrons. The lowest BCUT2D eigenvalue weighted by atomic mass is 10.1. The highest BCUT2D eigenvalue weighted by atomic mass is 16.5. The molecule has 2 amide bonds. The fraction of sp³-hybridized carbons (Fsp3) is 0.387. The molecule has 220 valence electrons. The lowest BCUT2D eigenvalue weighted by Gasteiger charge is -2.33. The van der Waals surface area contributed by atoms with Crippen molar-refractivity contribution in [1.29, 1.82) is 5.26 Å². The minimum Gasteiger partial charge on any atom is -0.489 e. The number of nitrogens with zero attached hydrogens (tertiary/aromatic N) is 6. The SMILES string of the molecule is C[C@H](O)C(=O)N1CCC(Oc2ccc(-c3ccnc(Nc4ccccc4C(=O)N(C)CCN(C)C)n3)cc2C#N)CC1. The van der Waals surface area contributed by atoms with Crippen molar-refractivity contribution in [3.05, 3.63) is 65.9 Å². The molecule has 2 aromatic carbocycles. The van der Waals surface area contributed by atoms with E-state index >= 15 is 0 Å². The van der Waals surface area contributed by atoms with Gasteiger partial charge in [0.05, 0.1) is 22.5 Å². The molecule has 11 nitrogen and oxygen atoms in total. The van der Waals surface area contributed by atoms with Gasteiger partial charge >= 0.3 is 0 Å². The molecule has 1 aliphatic heterocycles. The van der Waals surface area contributed by atoms with Crippen LogP contribution in [0.4, 0.5) is 11.6 Å². The number of rotatable bonds is 10. The van der Waals surface area contributed by atoms with Crippen LogP contribution in [0.25, 0.3) is 11.3 Å². The van der Waals surface area contributed by atoms with E-state index in [2.05, 4.69) is 21.4 Å². The Morgan fingerprint density at radius 3 is 2.57 bits per heavy atom. The number of ether oxygens (including phenoxy) is 1. The van der Waals surface area contributed by atoms with Crippen molar-refractivity contribution < 1.29 is 19.4 Å². The van der Waals surface area contributed by atoms with Gasteiger partial charge in [0.15, 0.2) is 0 Å². The second kappa shape index (κ2) is 13.9. The fourth-order valence-corrected chi connectivity index (χ4v) is 4.65. The highest BCUT2D eigenvalue weighted by Gasteiger charge is 2.26. The molecule has 0 spiro atoms. The molecule has 0 aliphatic carbocycles. The number of aliphatic hydroxyl groups excluding tert-OH is 1. The van der Waals surface area contributed by atoms with E-state index in [1.54, 1.807) is 47.3 Å². The number of hydrogen-bond acceptors (Lipinski definition) is 9. The quantitative estimate of drug-likeness (QED) is 0.376. The van der Waals surface area contributed by atoms with Crippen LogP contribution in [0.2, 0.25) is 0 Å². The van der Waals surface area contributed by atoms with Crippen molar-refractivity contribution in [3.8, 4) is 23.1 Å². The molecule has 2 heterocycles. The van der Waals surface area contributed by atoms with Gasteiger partial charge in [-0.3, -0.25) is 9.59 Å². The average molecular weight is 572 g/mol. The van der Waals surface area contributed by atoms with Crippen molar-refractivity contribution in [2.75, 3.05) is 52.6 Å². The third-order valence-corrected chi connectivity index (χ3v) is 7.09. The van der Waals surface area contributed by atoms with Gasteiger partial charge < -0.3 is 29.9 Å². The van der Waals surface area contributed by atoms with Gasteiger partial charge in [-0.15, -0.1) is 0 Å². The molecular weight excluding hydrogens is 534 g/mol. The monoisotopic (exact) mass is 571 g/mol. The number of piperidine rings is 1. The van der Waals surface area contributed by atoms with Gasteiger partial charge in [0.1, 0.15) is 24.0 Å². The predicted octanol–water partition coefficient (Wildman–Crippen LogP) is 3.14. The summed E-state index contributed by atoms with van der Waals surface area (Å²) < 4.78 is 6.14. The maximum Gasteiger partial charge on any atom is 0.255 e. The summed E-state index contributed by atoms with van der Waals surface area (Å²) in [5, 5.41) is 22.6. The van der Waals surface area contributed by atoms with Crippen LogP contribution in [0.5, 0.6) is 5.75 Å². The lowest BCUT2D eigenvalue weighted by molar-refractivity contribution is -0.141. The van der Waals surface area contributed by atoms with Crippen LogP contribution in [0.3, 0.4) is 0 Å². The van der Waals surface area contributed by atoms with Crippen molar-refractivity contribution in [2.24, 2.45) is 0 Å². The zero-order valence-electron chi connectivity index (χ0n) is 24.4. The van der Waals surface area contributed by atoms with Crippen molar-refractivity contribution in [1.82, 2.24) is 24.7 Å². The Morgan fingerprint density at radius 2 is 1.88 bits per heavy atom. The number of anilines is 2. The molecule has 11 heteroatoms. The number of para-hydroxylation sites is 1. The minimum atomic E-state index is -1.02. The summed E-state index contributed by atoms with van der Waals surface area (Å²) in [6, 6.07) is 16.5. The van der Waals surface area contributed by atoms with Gasteiger partial charge in [-0.05, 0) is 57.4 Å². The molecule has 1 aliphatic rings. The van der Waals surface area contributed by atoms with Crippen LogP contribution in [0.1, 0.15) is 35.7 Å². The van der Waals surface area contributed by atoms with Gasteiger partial charge in [0, 0.05) is 57.8 Å². The first kappa shape index (κ1) is 30.4. The normalized spacial score (nSPS) is 14.3. The molecule has 1 aromatic heterocycles. The van der Waals surface area contributed by atoms with Crippen LogP contribution >= 0.6 is 0 Å². The zero-order chi connectivity index (χ0) is 30.2. The Hall–Kier alpha value is -4.53.